The number of ether oxygens (including phenoxy) is 1. The van der Waals surface area contributed by atoms with Gasteiger partial charge in [-0.2, -0.15) is 0 Å². The third kappa shape index (κ3) is 6.17. The third-order valence-corrected chi connectivity index (χ3v) is 5.59. The zero-order valence-electron chi connectivity index (χ0n) is 15.8. The van der Waals surface area contributed by atoms with E-state index in [9.17, 15) is 23.3 Å². The minimum absolute atomic E-state index is 0.0100. The quantitative estimate of drug-likeness (QED) is 0.384. The summed E-state index contributed by atoms with van der Waals surface area (Å²) in [5, 5.41) is 13.8. The molecule has 0 saturated carbocycles. The first-order chi connectivity index (χ1) is 14.7. The number of nitro benzene ring substituents is 1. The van der Waals surface area contributed by atoms with Crippen LogP contribution in [0.4, 0.5) is 17.1 Å². The number of hydrogen-bond acceptors (Lipinski definition) is 6. The van der Waals surface area contributed by atoms with E-state index in [1.807, 2.05) is 0 Å². The maximum absolute atomic E-state index is 12.4. The third-order valence-electron chi connectivity index (χ3n) is 3.94. The molecule has 0 fully saturated rings. The van der Waals surface area contributed by atoms with Crippen LogP contribution in [-0.2, 0) is 14.8 Å². The Balaban J connectivity index is 1.57. The van der Waals surface area contributed by atoms with E-state index >= 15 is 0 Å². The van der Waals surface area contributed by atoms with E-state index in [-0.39, 0.29) is 28.6 Å². The van der Waals surface area contributed by atoms with Gasteiger partial charge in [0.25, 0.3) is 21.6 Å². The molecule has 0 radical (unpaired) electrons. The highest BCUT2D eigenvalue weighted by molar-refractivity contribution is 7.92. The summed E-state index contributed by atoms with van der Waals surface area (Å²) in [6.45, 7) is -0.363. The van der Waals surface area contributed by atoms with Crippen LogP contribution in [0.15, 0.2) is 77.7 Å². The van der Waals surface area contributed by atoms with Crippen molar-refractivity contribution in [3.05, 3.63) is 87.9 Å². The molecule has 9 nitrogen and oxygen atoms in total. The lowest BCUT2D eigenvalue weighted by Crippen LogP contribution is -2.20. The predicted molar refractivity (Wildman–Crippen MR) is 116 cm³/mol. The van der Waals surface area contributed by atoms with Crippen LogP contribution in [0.3, 0.4) is 0 Å². The first-order valence-corrected chi connectivity index (χ1v) is 10.6. The van der Waals surface area contributed by atoms with E-state index in [0.29, 0.717) is 10.7 Å². The van der Waals surface area contributed by atoms with Crippen LogP contribution in [0.2, 0.25) is 5.02 Å². The molecule has 0 bridgehead atoms. The van der Waals surface area contributed by atoms with Gasteiger partial charge in [0.05, 0.1) is 9.82 Å². The van der Waals surface area contributed by atoms with E-state index in [1.165, 1.54) is 60.7 Å². The van der Waals surface area contributed by atoms with Crippen LogP contribution in [0.25, 0.3) is 0 Å². The first-order valence-electron chi connectivity index (χ1n) is 8.78. The number of hydrogen-bond donors (Lipinski definition) is 2. The van der Waals surface area contributed by atoms with Crippen molar-refractivity contribution in [2.45, 2.75) is 4.90 Å². The van der Waals surface area contributed by atoms with Gasteiger partial charge in [-0.05, 0) is 54.6 Å². The molecule has 3 aromatic rings. The predicted octanol–water partition coefficient (Wildman–Crippen LogP) is 4.07. The number of sulfonamides is 1. The fourth-order valence-electron chi connectivity index (χ4n) is 2.49. The fraction of sp³-hybridized carbons (Fsp3) is 0.0500. The number of amides is 1. The second-order valence-corrected chi connectivity index (χ2v) is 8.35. The van der Waals surface area contributed by atoms with Crippen molar-refractivity contribution >= 4 is 44.6 Å². The average molecular weight is 462 g/mol. The van der Waals surface area contributed by atoms with Crippen LogP contribution >= 0.6 is 11.6 Å². The Morgan fingerprint density at radius 2 is 1.68 bits per heavy atom. The molecule has 3 aromatic carbocycles. The minimum Gasteiger partial charge on any atom is -0.484 e. The number of halogens is 1. The lowest BCUT2D eigenvalue weighted by atomic mass is 10.3. The van der Waals surface area contributed by atoms with Gasteiger partial charge in [-0.15, -0.1) is 0 Å². The standard InChI is InChI=1S/C20H16ClN3O6S/c21-14-4-6-15(7-5-14)23-31(28,29)19-10-8-18(9-11-19)30-13-20(25)22-16-2-1-3-17(12-16)24(26)27/h1-12,23H,13H2,(H,22,25). The lowest BCUT2D eigenvalue weighted by Gasteiger charge is -2.10. The highest BCUT2D eigenvalue weighted by atomic mass is 35.5. The van der Waals surface area contributed by atoms with Gasteiger partial charge in [-0.25, -0.2) is 8.42 Å². The highest BCUT2D eigenvalue weighted by Crippen LogP contribution is 2.21. The molecule has 0 aromatic heterocycles. The van der Waals surface area contributed by atoms with Gasteiger partial charge in [0, 0.05) is 28.5 Å². The Labute approximate surface area is 182 Å². The Bertz CT molecular complexity index is 1200. The summed E-state index contributed by atoms with van der Waals surface area (Å²) in [6.07, 6.45) is 0. The molecule has 31 heavy (non-hydrogen) atoms. The van der Waals surface area contributed by atoms with Crippen molar-refractivity contribution in [3.63, 3.8) is 0 Å². The number of carbonyl (C=O) groups excluding carboxylic acids is 1. The molecular formula is C20H16ClN3O6S. The van der Waals surface area contributed by atoms with E-state index in [4.69, 9.17) is 16.3 Å². The highest BCUT2D eigenvalue weighted by Gasteiger charge is 2.15. The van der Waals surface area contributed by atoms with Gasteiger partial charge in [0.2, 0.25) is 0 Å². The number of anilines is 2. The van der Waals surface area contributed by atoms with Crippen molar-refractivity contribution < 1.29 is 22.9 Å². The van der Waals surface area contributed by atoms with Crippen LogP contribution in [-0.4, -0.2) is 25.9 Å². The summed E-state index contributed by atoms with van der Waals surface area (Å²) >= 11 is 5.79. The topological polar surface area (TPSA) is 128 Å². The van der Waals surface area contributed by atoms with Crippen molar-refractivity contribution in [1.29, 1.82) is 0 Å². The number of rotatable bonds is 8. The molecule has 160 valence electrons. The van der Waals surface area contributed by atoms with Crippen molar-refractivity contribution in [1.82, 2.24) is 0 Å². The molecule has 0 saturated heterocycles. The molecular weight excluding hydrogens is 446 g/mol. The largest absolute Gasteiger partial charge is 0.484 e. The second kappa shape index (κ2) is 9.45. The van der Waals surface area contributed by atoms with Crippen LogP contribution in [0.5, 0.6) is 5.75 Å². The molecule has 0 spiro atoms. The summed E-state index contributed by atoms with van der Waals surface area (Å²) < 4.78 is 32.7. The van der Waals surface area contributed by atoms with Crippen LogP contribution in [0.1, 0.15) is 0 Å². The molecule has 11 heteroatoms. The van der Waals surface area contributed by atoms with Gasteiger partial charge in [0.1, 0.15) is 5.75 Å². The SMILES string of the molecule is O=C(COc1ccc(S(=O)(=O)Nc2ccc(Cl)cc2)cc1)Nc1cccc([N+](=O)[O-])c1. The van der Waals surface area contributed by atoms with Crippen molar-refractivity contribution in [2.24, 2.45) is 0 Å². The summed E-state index contributed by atoms with van der Waals surface area (Å²) in [6, 6.07) is 17.2. The molecule has 0 aliphatic rings. The minimum atomic E-state index is -3.81. The van der Waals surface area contributed by atoms with Gasteiger partial charge in [-0.1, -0.05) is 17.7 Å². The Kier molecular flexibility index (Phi) is 6.73. The fourth-order valence-corrected chi connectivity index (χ4v) is 3.67. The summed E-state index contributed by atoms with van der Waals surface area (Å²) in [7, 11) is -3.81. The maximum atomic E-state index is 12.4. The number of nitrogens with one attached hydrogen (secondary N) is 2. The molecule has 0 aliphatic carbocycles. The van der Waals surface area contributed by atoms with Crippen molar-refractivity contribution in [3.8, 4) is 5.75 Å². The summed E-state index contributed by atoms with van der Waals surface area (Å²) in [4.78, 5) is 22.2. The number of benzene rings is 3. The average Bonchev–Trinajstić information content (AvgIpc) is 2.74. The number of carbonyl (C=O) groups is 1. The molecule has 0 atom stereocenters. The number of non-ortho nitro benzene ring substituents is 1. The zero-order chi connectivity index (χ0) is 22.4. The molecule has 0 aliphatic heterocycles. The normalized spacial score (nSPS) is 10.9. The van der Waals surface area contributed by atoms with Gasteiger partial charge < -0.3 is 10.1 Å². The van der Waals surface area contributed by atoms with E-state index < -0.39 is 20.9 Å². The molecule has 0 unspecified atom stereocenters. The van der Waals surface area contributed by atoms with Gasteiger partial charge >= 0.3 is 0 Å². The van der Waals surface area contributed by atoms with Crippen LogP contribution < -0.4 is 14.8 Å². The second-order valence-electron chi connectivity index (χ2n) is 6.23. The number of nitrogens with zero attached hydrogens (tertiary/aromatic N) is 1. The molecule has 1 amide bonds. The maximum Gasteiger partial charge on any atom is 0.271 e. The summed E-state index contributed by atoms with van der Waals surface area (Å²) in [5.41, 5.74) is 0.475. The van der Waals surface area contributed by atoms with E-state index in [1.54, 1.807) is 12.1 Å². The first kappa shape index (κ1) is 22.1. The molecule has 2 N–H and O–H groups in total. The Morgan fingerprint density at radius 1 is 1.00 bits per heavy atom. The van der Waals surface area contributed by atoms with Gasteiger partial charge in [-0.3, -0.25) is 19.6 Å². The van der Waals surface area contributed by atoms with Gasteiger partial charge in [0.15, 0.2) is 6.61 Å². The Morgan fingerprint density at radius 3 is 2.32 bits per heavy atom. The number of nitro groups is 1. The van der Waals surface area contributed by atoms with Crippen LogP contribution in [0, 0.1) is 10.1 Å². The molecule has 3 rings (SSSR count). The lowest BCUT2D eigenvalue weighted by molar-refractivity contribution is -0.384. The van der Waals surface area contributed by atoms with E-state index in [0.717, 1.165) is 0 Å². The summed E-state index contributed by atoms with van der Waals surface area (Å²) in [5.74, 6) is -0.249. The molecule has 0 heterocycles. The monoisotopic (exact) mass is 461 g/mol. The Hall–Kier alpha value is -3.63. The van der Waals surface area contributed by atoms with E-state index in [2.05, 4.69) is 10.0 Å². The smallest absolute Gasteiger partial charge is 0.271 e. The zero-order valence-corrected chi connectivity index (χ0v) is 17.4. The van der Waals surface area contributed by atoms with Crippen molar-refractivity contribution in [2.75, 3.05) is 16.6 Å².